The zero-order valence-corrected chi connectivity index (χ0v) is 38.6. The molecule has 63 heavy (non-hydrogen) atoms. The number of fused-ring (bicyclic) bond motifs is 1. The Morgan fingerprint density at radius 3 is 1.89 bits per heavy atom. The lowest BCUT2D eigenvalue weighted by Gasteiger charge is -2.28. The summed E-state index contributed by atoms with van der Waals surface area (Å²) in [5.41, 5.74) is -0.0595. The van der Waals surface area contributed by atoms with Crippen LogP contribution in [0.1, 0.15) is 105 Å². The molecule has 1 aromatic heterocycles. The van der Waals surface area contributed by atoms with Crippen molar-refractivity contribution in [3.63, 3.8) is 0 Å². The van der Waals surface area contributed by atoms with Crippen molar-refractivity contribution in [1.29, 1.82) is 0 Å². The Morgan fingerprint density at radius 1 is 0.762 bits per heavy atom. The van der Waals surface area contributed by atoms with Crippen LogP contribution in [0.25, 0.3) is 10.8 Å². The van der Waals surface area contributed by atoms with Crippen LogP contribution in [0.2, 0.25) is 0 Å². The van der Waals surface area contributed by atoms with Gasteiger partial charge in [0.1, 0.15) is 16.8 Å². The van der Waals surface area contributed by atoms with Gasteiger partial charge in [-0.05, 0) is 140 Å². The Kier molecular flexibility index (Phi) is 15.6. The lowest BCUT2D eigenvalue weighted by molar-refractivity contribution is -0.138. The highest BCUT2D eigenvalue weighted by Crippen LogP contribution is 2.31. The number of nitrogens with one attached hydrogen (secondary N) is 2. The number of hydrogen-bond donors (Lipinski definition) is 3. The topological polar surface area (TPSA) is 211 Å². The molecule has 0 aliphatic carbocycles. The second-order valence-corrected chi connectivity index (χ2v) is 20.2. The molecule has 0 aliphatic rings. The first-order valence-electron chi connectivity index (χ1n) is 20.5. The van der Waals surface area contributed by atoms with E-state index in [1.165, 1.54) is 37.2 Å². The highest BCUT2D eigenvalue weighted by Gasteiger charge is 2.35. The van der Waals surface area contributed by atoms with E-state index in [-0.39, 0.29) is 35.3 Å². The molecule has 0 saturated heterocycles. The fourth-order valence-corrected chi connectivity index (χ4v) is 7.31. The van der Waals surface area contributed by atoms with Crippen LogP contribution < -0.4 is 15.5 Å². The lowest BCUT2D eigenvalue weighted by Crippen LogP contribution is -2.44. The molecule has 4 amide bonds. The summed E-state index contributed by atoms with van der Waals surface area (Å²) in [6.07, 6.45) is -0.00400. The van der Waals surface area contributed by atoms with Crippen LogP contribution in [0.3, 0.4) is 0 Å². The maximum atomic E-state index is 13.3. The molecule has 4 aromatic rings. The van der Waals surface area contributed by atoms with E-state index in [1.54, 1.807) is 117 Å². The van der Waals surface area contributed by atoms with Crippen molar-refractivity contribution in [2.75, 3.05) is 28.3 Å². The van der Waals surface area contributed by atoms with Crippen molar-refractivity contribution in [1.82, 2.24) is 9.88 Å². The number of sulfone groups is 1. The fourth-order valence-electron chi connectivity index (χ4n) is 6.20. The quantitative estimate of drug-likeness (QED) is 0.101. The van der Waals surface area contributed by atoms with Gasteiger partial charge in [0.05, 0.1) is 17.2 Å². The first-order valence-corrected chi connectivity index (χ1v) is 22.1. The number of aryl methyl sites for hydroxylation is 1. The summed E-state index contributed by atoms with van der Waals surface area (Å²) in [4.78, 5) is 71.2. The molecule has 0 saturated carbocycles. The fraction of sp³-hybridized carbons (Fsp3) is 0.435. The van der Waals surface area contributed by atoms with Crippen molar-refractivity contribution >= 4 is 68.0 Å². The van der Waals surface area contributed by atoms with Crippen molar-refractivity contribution in [3.05, 3.63) is 89.6 Å². The first-order chi connectivity index (χ1) is 29.2. The normalized spacial score (nSPS) is 12.5. The van der Waals surface area contributed by atoms with Crippen LogP contribution >= 0.6 is 0 Å². The third-order valence-electron chi connectivity index (χ3n) is 9.02. The Balaban J connectivity index is 1.44. The van der Waals surface area contributed by atoms with E-state index in [0.29, 0.717) is 46.1 Å². The summed E-state index contributed by atoms with van der Waals surface area (Å²) in [7, 11) is -2.13. The third-order valence-corrected chi connectivity index (χ3v) is 10.8. The summed E-state index contributed by atoms with van der Waals surface area (Å²) in [5.74, 6) is -1.58. The van der Waals surface area contributed by atoms with Crippen LogP contribution in [0.5, 0.6) is 0 Å². The van der Waals surface area contributed by atoms with Crippen LogP contribution in [0.4, 0.5) is 31.6 Å². The first kappa shape index (κ1) is 49.4. The Morgan fingerprint density at radius 2 is 1.33 bits per heavy atom. The second kappa shape index (κ2) is 19.9. The zero-order valence-electron chi connectivity index (χ0n) is 37.8. The summed E-state index contributed by atoms with van der Waals surface area (Å²) in [6, 6.07) is 16.9. The number of rotatable bonds is 14. The predicted octanol–water partition coefficient (Wildman–Crippen LogP) is 9.27. The summed E-state index contributed by atoms with van der Waals surface area (Å²) in [6.45, 7) is 16.7. The molecule has 3 aromatic carbocycles. The zero-order chi connectivity index (χ0) is 47.1. The molecule has 4 rings (SSSR count). The molecule has 0 spiro atoms. The number of imide groups is 1. The molecule has 0 fully saturated rings. The molecule has 1 unspecified atom stereocenters. The number of aliphatic carboxylic acids is 1. The molecule has 0 radical (unpaired) electrons. The van der Waals surface area contributed by atoms with Crippen molar-refractivity contribution in [2.24, 2.45) is 0 Å². The van der Waals surface area contributed by atoms with E-state index in [1.807, 2.05) is 0 Å². The number of carbonyl (C=O) groups is 5. The number of hydrogen-bond acceptors (Lipinski definition) is 12. The minimum Gasteiger partial charge on any atom is -0.479 e. The maximum Gasteiger partial charge on any atom is 0.425 e. The van der Waals surface area contributed by atoms with Crippen LogP contribution in [0.15, 0.2) is 77.8 Å². The van der Waals surface area contributed by atoms with Crippen LogP contribution in [-0.2, 0) is 46.6 Å². The van der Waals surface area contributed by atoms with Gasteiger partial charge in [0.25, 0.3) is 0 Å². The van der Waals surface area contributed by atoms with Crippen molar-refractivity contribution < 1.29 is 51.7 Å². The highest BCUT2D eigenvalue weighted by atomic mass is 32.2. The number of aromatic nitrogens is 1. The molecular formula is C46H59N5O11S. The van der Waals surface area contributed by atoms with Gasteiger partial charge in [0.15, 0.2) is 21.7 Å². The number of benzene rings is 3. The standard InChI is InChI=1S/C46H59N5O11S/c1-12-63(58,59)36-23-21-33(27-32(36)28-50(11)41(55)60-44(2,3)4)48-37(52)15-13-14-29-16-18-30(19-17-29)38(40(53)54)49-34-20-22-35-31(26-34)24-25-47-39(35)51(42(56)61-45(5,6)7)43(57)62-46(8,9)10/h16-27,38,49H,12-15,28H2,1-11H3,(H,48,52)(H,53,54). The predicted molar refractivity (Wildman–Crippen MR) is 241 cm³/mol. The van der Waals surface area contributed by atoms with Gasteiger partial charge in [-0.1, -0.05) is 31.2 Å². The monoisotopic (exact) mass is 889 g/mol. The Labute approximate surface area is 369 Å². The molecule has 3 N–H and O–H groups in total. The minimum atomic E-state index is -3.64. The number of carboxylic acids is 1. The largest absolute Gasteiger partial charge is 0.479 e. The molecule has 0 aliphatic heterocycles. The molecule has 17 heteroatoms. The number of carbonyl (C=O) groups excluding carboxylic acids is 4. The summed E-state index contributed by atoms with van der Waals surface area (Å²) >= 11 is 0. The number of pyridine rings is 1. The average molecular weight is 890 g/mol. The maximum absolute atomic E-state index is 13.3. The van der Waals surface area contributed by atoms with Crippen molar-refractivity contribution in [2.45, 2.75) is 123 Å². The molecule has 340 valence electrons. The highest BCUT2D eigenvalue weighted by molar-refractivity contribution is 7.91. The van der Waals surface area contributed by atoms with E-state index in [2.05, 4.69) is 15.6 Å². The number of ether oxygens (including phenoxy) is 3. The Hall–Kier alpha value is -6.23. The number of carboxylic acid groups (broad SMARTS) is 1. The minimum absolute atomic E-state index is 0.0154. The smallest absolute Gasteiger partial charge is 0.425 e. The van der Waals surface area contributed by atoms with E-state index < -0.39 is 56.9 Å². The summed E-state index contributed by atoms with van der Waals surface area (Å²) in [5, 5.41) is 17.1. The van der Waals surface area contributed by atoms with Gasteiger partial charge in [0.2, 0.25) is 5.91 Å². The number of amides is 4. The van der Waals surface area contributed by atoms with Gasteiger partial charge >= 0.3 is 24.2 Å². The van der Waals surface area contributed by atoms with Gasteiger partial charge in [0, 0.05) is 36.4 Å². The van der Waals surface area contributed by atoms with Gasteiger partial charge < -0.3 is 34.9 Å². The molecule has 16 nitrogen and oxygen atoms in total. The number of nitrogens with zero attached hydrogens (tertiary/aromatic N) is 3. The van der Waals surface area contributed by atoms with Gasteiger partial charge in [-0.3, -0.25) is 4.79 Å². The van der Waals surface area contributed by atoms with Crippen LogP contribution in [-0.4, -0.2) is 83.2 Å². The van der Waals surface area contributed by atoms with Gasteiger partial charge in [-0.2, -0.15) is 4.90 Å². The third kappa shape index (κ3) is 14.4. The van der Waals surface area contributed by atoms with E-state index in [9.17, 15) is 37.5 Å². The molecular weight excluding hydrogens is 831 g/mol. The number of anilines is 3. The van der Waals surface area contributed by atoms with Crippen LogP contribution in [0, 0.1) is 0 Å². The van der Waals surface area contributed by atoms with Gasteiger partial charge in [-0.15, -0.1) is 0 Å². The van der Waals surface area contributed by atoms with E-state index in [4.69, 9.17) is 14.2 Å². The average Bonchev–Trinajstić information content (AvgIpc) is 3.15. The summed E-state index contributed by atoms with van der Waals surface area (Å²) < 4.78 is 42.2. The SMILES string of the molecule is CCS(=O)(=O)c1ccc(NC(=O)CCCc2ccc(C(Nc3ccc4c(N(C(=O)OC(C)(C)C)C(=O)OC(C)(C)C)nccc4c3)C(=O)O)cc2)cc1CN(C)C(=O)OC(C)(C)C. The molecule has 1 atom stereocenters. The molecule has 1 heterocycles. The van der Waals surface area contributed by atoms with Crippen molar-refractivity contribution in [3.8, 4) is 0 Å². The van der Waals surface area contributed by atoms with E-state index >= 15 is 0 Å². The van der Waals surface area contributed by atoms with Gasteiger partial charge in [-0.25, -0.2) is 32.6 Å². The second-order valence-electron chi connectivity index (χ2n) is 18.0. The molecule has 0 bridgehead atoms. The lowest BCUT2D eigenvalue weighted by atomic mass is 10.0. The Bertz CT molecular complexity index is 2410. The van der Waals surface area contributed by atoms with E-state index in [0.717, 1.165) is 10.5 Å².